The standard InChI is InChI=1S/C23H26N2O2/c26-23(27)25-13-10-17-4-1-2-7-20(17)22(25)19-6-3-5-18(15-19)21-14-16-8-11-24(21)12-9-16/h1-7,15-16,21-22H,8-14H2,(H,26,27). The molecule has 27 heavy (non-hydrogen) atoms. The molecule has 1 amide bonds. The molecule has 4 heterocycles. The molecule has 0 radical (unpaired) electrons. The lowest BCUT2D eigenvalue weighted by Gasteiger charge is -2.46. The minimum Gasteiger partial charge on any atom is -0.465 e. The topological polar surface area (TPSA) is 43.8 Å². The van der Waals surface area contributed by atoms with Gasteiger partial charge >= 0.3 is 6.09 Å². The van der Waals surface area contributed by atoms with Crippen LogP contribution in [0.3, 0.4) is 0 Å². The summed E-state index contributed by atoms with van der Waals surface area (Å²) >= 11 is 0. The first-order valence-corrected chi connectivity index (χ1v) is 10.1. The summed E-state index contributed by atoms with van der Waals surface area (Å²) in [7, 11) is 0. The predicted octanol–water partition coefficient (Wildman–Crippen LogP) is 4.47. The summed E-state index contributed by atoms with van der Waals surface area (Å²) in [6.07, 6.45) is 3.86. The van der Waals surface area contributed by atoms with Crippen molar-refractivity contribution in [1.29, 1.82) is 0 Å². The van der Waals surface area contributed by atoms with Crippen molar-refractivity contribution in [2.24, 2.45) is 5.92 Å². The molecule has 2 unspecified atom stereocenters. The van der Waals surface area contributed by atoms with Crippen LogP contribution in [0.1, 0.15) is 53.6 Å². The molecule has 140 valence electrons. The molecular weight excluding hydrogens is 336 g/mol. The fraction of sp³-hybridized carbons (Fsp3) is 0.435. The zero-order valence-corrected chi connectivity index (χ0v) is 15.6. The molecule has 0 aliphatic carbocycles. The van der Waals surface area contributed by atoms with Gasteiger partial charge in [0.15, 0.2) is 0 Å². The molecule has 2 bridgehead atoms. The van der Waals surface area contributed by atoms with Crippen LogP contribution in [0.25, 0.3) is 0 Å². The maximum atomic E-state index is 12.0. The van der Waals surface area contributed by atoms with E-state index >= 15 is 0 Å². The Morgan fingerprint density at radius 1 is 0.963 bits per heavy atom. The van der Waals surface area contributed by atoms with E-state index in [0.717, 1.165) is 23.5 Å². The molecule has 2 aromatic carbocycles. The highest BCUT2D eigenvalue weighted by Gasteiger charge is 2.36. The molecule has 4 aliphatic heterocycles. The summed E-state index contributed by atoms with van der Waals surface area (Å²) in [5.41, 5.74) is 4.86. The van der Waals surface area contributed by atoms with Crippen LogP contribution < -0.4 is 0 Å². The van der Waals surface area contributed by atoms with E-state index in [2.05, 4.69) is 47.4 Å². The van der Waals surface area contributed by atoms with Crippen molar-refractivity contribution in [1.82, 2.24) is 9.80 Å². The number of fused-ring (bicyclic) bond motifs is 4. The van der Waals surface area contributed by atoms with Crippen LogP contribution in [0.5, 0.6) is 0 Å². The van der Waals surface area contributed by atoms with Gasteiger partial charge in [0.25, 0.3) is 0 Å². The first-order chi connectivity index (χ1) is 13.2. The van der Waals surface area contributed by atoms with E-state index in [1.54, 1.807) is 4.90 Å². The quantitative estimate of drug-likeness (QED) is 0.857. The lowest BCUT2D eigenvalue weighted by atomic mass is 9.80. The van der Waals surface area contributed by atoms with Crippen LogP contribution in [-0.2, 0) is 6.42 Å². The Labute approximate surface area is 160 Å². The second kappa shape index (κ2) is 6.68. The Morgan fingerprint density at radius 3 is 2.48 bits per heavy atom. The van der Waals surface area contributed by atoms with Crippen LogP contribution in [0, 0.1) is 5.92 Å². The van der Waals surface area contributed by atoms with Crippen molar-refractivity contribution in [3.05, 3.63) is 70.8 Å². The fourth-order valence-electron chi connectivity index (χ4n) is 5.38. The number of benzene rings is 2. The molecule has 3 fully saturated rings. The molecule has 4 heteroatoms. The Morgan fingerprint density at radius 2 is 1.74 bits per heavy atom. The van der Waals surface area contributed by atoms with E-state index < -0.39 is 6.09 Å². The minimum absolute atomic E-state index is 0.205. The van der Waals surface area contributed by atoms with Gasteiger partial charge in [-0.1, -0.05) is 48.5 Å². The number of rotatable bonds is 2. The Balaban J connectivity index is 1.54. The largest absolute Gasteiger partial charge is 0.465 e. The number of carbonyl (C=O) groups is 1. The van der Waals surface area contributed by atoms with Crippen molar-refractivity contribution >= 4 is 6.09 Å². The number of nitrogens with zero attached hydrogens (tertiary/aromatic N) is 2. The third kappa shape index (κ3) is 2.92. The Bertz CT molecular complexity index is 857. The zero-order chi connectivity index (χ0) is 18.4. The average molecular weight is 362 g/mol. The molecule has 2 atom stereocenters. The van der Waals surface area contributed by atoms with Crippen LogP contribution in [0.2, 0.25) is 0 Å². The fourth-order valence-corrected chi connectivity index (χ4v) is 5.38. The first-order valence-electron chi connectivity index (χ1n) is 10.1. The molecule has 1 N–H and O–H groups in total. The highest BCUT2D eigenvalue weighted by molar-refractivity contribution is 5.67. The van der Waals surface area contributed by atoms with Gasteiger partial charge in [-0.3, -0.25) is 9.80 Å². The van der Waals surface area contributed by atoms with Crippen LogP contribution in [-0.4, -0.2) is 40.6 Å². The SMILES string of the molecule is O=C(O)N1CCc2ccccc2C1c1cccc(C2CC3CCN2CC3)c1. The number of amides is 1. The van der Waals surface area contributed by atoms with Crippen molar-refractivity contribution in [3.8, 4) is 0 Å². The number of carboxylic acid groups (broad SMARTS) is 1. The first kappa shape index (κ1) is 16.8. The van der Waals surface area contributed by atoms with Crippen LogP contribution in [0.4, 0.5) is 4.79 Å². The van der Waals surface area contributed by atoms with Crippen molar-refractivity contribution < 1.29 is 9.90 Å². The highest BCUT2D eigenvalue weighted by atomic mass is 16.4. The molecule has 0 aromatic heterocycles. The third-order valence-electron chi connectivity index (χ3n) is 6.79. The van der Waals surface area contributed by atoms with Crippen LogP contribution in [0.15, 0.2) is 48.5 Å². The number of hydrogen-bond donors (Lipinski definition) is 1. The summed E-state index contributed by atoms with van der Waals surface area (Å²) in [5, 5.41) is 9.82. The van der Waals surface area contributed by atoms with Gasteiger partial charge in [-0.2, -0.15) is 0 Å². The summed E-state index contributed by atoms with van der Waals surface area (Å²) in [6.45, 7) is 2.96. The number of piperidine rings is 3. The molecular formula is C23H26N2O2. The van der Waals surface area contributed by atoms with E-state index in [4.69, 9.17) is 0 Å². The zero-order valence-electron chi connectivity index (χ0n) is 15.6. The molecule has 0 spiro atoms. The predicted molar refractivity (Wildman–Crippen MR) is 105 cm³/mol. The van der Waals surface area contributed by atoms with Gasteiger partial charge in [-0.05, 0) is 66.9 Å². The lowest BCUT2D eigenvalue weighted by molar-refractivity contribution is 0.0489. The van der Waals surface area contributed by atoms with Gasteiger partial charge in [0.1, 0.15) is 0 Å². The van der Waals surface area contributed by atoms with E-state index in [1.807, 2.05) is 6.07 Å². The second-order valence-electron chi connectivity index (χ2n) is 8.23. The second-order valence-corrected chi connectivity index (χ2v) is 8.23. The average Bonchev–Trinajstić information content (AvgIpc) is 2.73. The molecule has 4 nitrogen and oxygen atoms in total. The van der Waals surface area contributed by atoms with Crippen LogP contribution >= 0.6 is 0 Å². The molecule has 0 saturated carbocycles. The summed E-state index contributed by atoms with van der Waals surface area (Å²) in [4.78, 5) is 16.2. The van der Waals surface area contributed by atoms with E-state index in [0.29, 0.717) is 12.6 Å². The lowest BCUT2D eigenvalue weighted by Crippen LogP contribution is -2.43. The van der Waals surface area contributed by atoms with Gasteiger partial charge in [0, 0.05) is 12.6 Å². The van der Waals surface area contributed by atoms with Gasteiger partial charge in [0.05, 0.1) is 6.04 Å². The van der Waals surface area contributed by atoms with E-state index in [1.165, 1.54) is 43.5 Å². The minimum atomic E-state index is -0.833. The smallest absolute Gasteiger partial charge is 0.408 e. The summed E-state index contributed by atoms with van der Waals surface area (Å²) in [5.74, 6) is 0.856. The van der Waals surface area contributed by atoms with Gasteiger partial charge in [-0.15, -0.1) is 0 Å². The molecule has 2 aromatic rings. The highest BCUT2D eigenvalue weighted by Crippen LogP contribution is 2.42. The number of hydrogen-bond acceptors (Lipinski definition) is 2. The van der Waals surface area contributed by atoms with Crippen molar-refractivity contribution in [2.75, 3.05) is 19.6 Å². The van der Waals surface area contributed by atoms with Crippen molar-refractivity contribution in [3.63, 3.8) is 0 Å². The normalized spacial score (nSPS) is 29.4. The summed E-state index contributed by atoms with van der Waals surface area (Å²) < 4.78 is 0. The van der Waals surface area contributed by atoms with Crippen molar-refractivity contribution in [2.45, 2.75) is 37.8 Å². The Kier molecular flexibility index (Phi) is 4.16. The Hall–Kier alpha value is -2.33. The maximum Gasteiger partial charge on any atom is 0.408 e. The van der Waals surface area contributed by atoms with Gasteiger partial charge in [0.2, 0.25) is 0 Å². The van der Waals surface area contributed by atoms with Gasteiger partial charge in [-0.25, -0.2) is 4.79 Å². The summed E-state index contributed by atoms with van der Waals surface area (Å²) in [6, 6.07) is 17.3. The monoisotopic (exact) mass is 362 g/mol. The van der Waals surface area contributed by atoms with E-state index in [-0.39, 0.29) is 6.04 Å². The molecule has 4 aliphatic rings. The molecule has 6 rings (SSSR count). The van der Waals surface area contributed by atoms with E-state index in [9.17, 15) is 9.90 Å². The molecule has 3 saturated heterocycles. The van der Waals surface area contributed by atoms with Gasteiger partial charge < -0.3 is 5.11 Å². The maximum absolute atomic E-state index is 12.0. The third-order valence-corrected chi connectivity index (χ3v) is 6.79.